The van der Waals surface area contributed by atoms with E-state index in [0.717, 1.165) is 50.3 Å². The fraction of sp³-hybridized carbons (Fsp3) is 0.786. The van der Waals surface area contributed by atoms with Crippen LogP contribution in [-0.2, 0) is 16.6 Å². The summed E-state index contributed by atoms with van der Waals surface area (Å²) in [6.07, 6.45) is 2.66. The molecule has 0 bridgehead atoms. The van der Waals surface area contributed by atoms with Crippen molar-refractivity contribution in [3.63, 3.8) is 0 Å². The lowest BCUT2D eigenvalue weighted by Gasteiger charge is -2.22. The van der Waals surface area contributed by atoms with Gasteiger partial charge in [0.2, 0.25) is 10.0 Å². The highest BCUT2D eigenvalue weighted by Gasteiger charge is 2.20. The number of nitrogens with one attached hydrogen (secondary N) is 2. The normalized spacial score (nSPS) is 17.2. The number of rotatable bonds is 7. The van der Waals surface area contributed by atoms with E-state index in [4.69, 9.17) is 0 Å². The second kappa shape index (κ2) is 7.38. The summed E-state index contributed by atoms with van der Waals surface area (Å²) in [7, 11) is -3.15. The van der Waals surface area contributed by atoms with Crippen LogP contribution in [0.4, 0.5) is 0 Å². The van der Waals surface area contributed by atoms with E-state index in [9.17, 15) is 8.42 Å². The first kappa shape index (κ1) is 16.5. The van der Waals surface area contributed by atoms with E-state index in [0.29, 0.717) is 12.5 Å². The Morgan fingerprint density at radius 3 is 2.71 bits per heavy atom. The van der Waals surface area contributed by atoms with Gasteiger partial charge in [0.15, 0.2) is 0 Å². The molecule has 0 aliphatic carbocycles. The first-order valence-corrected chi connectivity index (χ1v) is 9.30. The predicted molar refractivity (Wildman–Crippen MR) is 83.7 cm³/mol. The van der Waals surface area contributed by atoms with Crippen LogP contribution in [0.2, 0.25) is 0 Å². The number of sulfonamides is 1. The molecule has 6 nitrogen and oxygen atoms in total. The zero-order valence-corrected chi connectivity index (χ0v) is 13.7. The highest BCUT2D eigenvalue weighted by atomic mass is 32.2. The van der Waals surface area contributed by atoms with Gasteiger partial charge in [-0.05, 0) is 58.2 Å². The minimum Gasteiger partial charge on any atom is -0.317 e. The van der Waals surface area contributed by atoms with Crippen molar-refractivity contribution in [2.24, 2.45) is 5.92 Å². The van der Waals surface area contributed by atoms with E-state index in [2.05, 4.69) is 15.1 Å². The highest BCUT2D eigenvalue weighted by Crippen LogP contribution is 2.13. The molecule has 2 heterocycles. The molecule has 0 amide bonds. The molecule has 0 atom stereocenters. The number of aromatic nitrogens is 2. The van der Waals surface area contributed by atoms with Crippen molar-refractivity contribution in [3.8, 4) is 0 Å². The van der Waals surface area contributed by atoms with Crippen molar-refractivity contribution < 1.29 is 8.42 Å². The Hall–Kier alpha value is -0.920. The van der Waals surface area contributed by atoms with Crippen LogP contribution in [0.25, 0.3) is 0 Å². The standard InChI is InChI=1S/C14H26N4O2S/c1-12-10-13(2)18(17-12)9-3-6-16-21(19,20)11-14-4-7-15-8-5-14/h10,14-16H,3-9,11H2,1-2H3. The van der Waals surface area contributed by atoms with Gasteiger partial charge < -0.3 is 5.32 Å². The van der Waals surface area contributed by atoms with Crippen LogP contribution in [-0.4, -0.2) is 43.6 Å². The number of piperidine rings is 1. The van der Waals surface area contributed by atoms with E-state index in [1.807, 2.05) is 24.6 Å². The minimum absolute atomic E-state index is 0.259. The second-order valence-electron chi connectivity index (χ2n) is 5.87. The third kappa shape index (κ3) is 5.41. The monoisotopic (exact) mass is 314 g/mol. The molecule has 7 heteroatoms. The zero-order valence-electron chi connectivity index (χ0n) is 12.9. The van der Waals surface area contributed by atoms with Crippen molar-refractivity contribution in [1.29, 1.82) is 0 Å². The summed E-state index contributed by atoms with van der Waals surface area (Å²) in [4.78, 5) is 0. The Morgan fingerprint density at radius 2 is 2.10 bits per heavy atom. The Bertz CT molecular complexity index is 547. The van der Waals surface area contributed by atoms with Crippen molar-refractivity contribution in [3.05, 3.63) is 17.5 Å². The van der Waals surface area contributed by atoms with Gasteiger partial charge in [-0.15, -0.1) is 0 Å². The molecule has 21 heavy (non-hydrogen) atoms. The Labute approximate surface area is 127 Å². The second-order valence-corrected chi connectivity index (χ2v) is 7.72. The lowest BCUT2D eigenvalue weighted by atomic mass is 10.0. The van der Waals surface area contributed by atoms with Crippen LogP contribution in [0.1, 0.15) is 30.7 Å². The fourth-order valence-electron chi connectivity index (χ4n) is 2.78. The molecular weight excluding hydrogens is 288 g/mol. The quantitative estimate of drug-likeness (QED) is 0.730. The number of hydrogen-bond donors (Lipinski definition) is 2. The van der Waals surface area contributed by atoms with E-state index < -0.39 is 10.0 Å². The van der Waals surface area contributed by atoms with Crippen molar-refractivity contribution in [2.75, 3.05) is 25.4 Å². The van der Waals surface area contributed by atoms with Gasteiger partial charge in [0.25, 0.3) is 0 Å². The molecule has 0 unspecified atom stereocenters. The summed E-state index contributed by atoms with van der Waals surface area (Å²) in [6, 6.07) is 2.03. The first-order chi connectivity index (χ1) is 9.96. The molecule has 2 N–H and O–H groups in total. The summed E-state index contributed by atoms with van der Waals surface area (Å²) < 4.78 is 28.7. The molecule has 0 radical (unpaired) electrons. The number of nitrogens with zero attached hydrogens (tertiary/aromatic N) is 2. The van der Waals surface area contributed by atoms with Gasteiger partial charge in [-0.1, -0.05) is 0 Å². The number of hydrogen-bond acceptors (Lipinski definition) is 4. The first-order valence-electron chi connectivity index (χ1n) is 7.65. The molecule has 1 aliphatic heterocycles. The van der Waals surface area contributed by atoms with Gasteiger partial charge in [-0.3, -0.25) is 4.68 Å². The fourth-order valence-corrected chi connectivity index (χ4v) is 4.30. The van der Waals surface area contributed by atoms with E-state index in [1.54, 1.807) is 0 Å². The topological polar surface area (TPSA) is 76.0 Å². The van der Waals surface area contributed by atoms with Crippen LogP contribution < -0.4 is 10.0 Å². The van der Waals surface area contributed by atoms with E-state index in [1.165, 1.54) is 0 Å². The highest BCUT2D eigenvalue weighted by molar-refractivity contribution is 7.89. The molecule has 1 fully saturated rings. The van der Waals surface area contributed by atoms with Crippen LogP contribution >= 0.6 is 0 Å². The van der Waals surface area contributed by atoms with Gasteiger partial charge >= 0.3 is 0 Å². The molecule has 1 aromatic heterocycles. The predicted octanol–water partition coefficient (Wildman–Crippen LogP) is 0.809. The molecule has 0 spiro atoms. The van der Waals surface area contributed by atoms with Gasteiger partial charge in [0, 0.05) is 18.8 Å². The van der Waals surface area contributed by atoms with Crippen molar-refractivity contribution in [2.45, 2.75) is 39.7 Å². The molecular formula is C14H26N4O2S. The van der Waals surface area contributed by atoms with Crippen LogP contribution in [0.15, 0.2) is 6.07 Å². The Kier molecular flexibility index (Phi) is 5.78. The zero-order chi connectivity index (χ0) is 15.3. The van der Waals surface area contributed by atoms with Gasteiger partial charge in [0.05, 0.1) is 11.4 Å². The molecule has 2 rings (SSSR count). The summed E-state index contributed by atoms with van der Waals surface area (Å²) in [6.45, 7) is 7.06. The third-order valence-electron chi connectivity index (χ3n) is 3.89. The summed E-state index contributed by atoms with van der Waals surface area (Å²) in [5, 5.41) is 7.62. The van der Waals surface area contributed by atoms with Gasteiger partial charge in [-0.25, -0.2) is 13.1 Å². The third-order valence-corrected chi connectivity index (χ3v) is 5.44. The maximum atomic E-state index is 12.0. The summed E-state index contributed by atoms with van der Waals surface area (Å²) in [5.74, 6) is 0.550. The smallest absolute Gasteiger partial charge is 0.211 e. The molecule has 1 aliphatic rings. The molecule has 1 aromatic rings. The van der Waals surface area contributed by atoms with Crippen LogP contribution in [0, 0.1) is 19.8 Å². The molecule has 0 saturated carbocycles. The Morgan fingerprint density at radius 1 is 1.38 bits per heavy atom. The van der Waals surface area contributed by atoms with E-state index in [-0.39, 0.29) is 5.75 Å². The minimum atomic E-state index is -3.15. The largest absolute Gasteiger partial charge is 0.317 e. The van der Waals surface area contributed by atoms with Gasteiger partial charge in [0.1, 0.15) is 0 Å². The van der Waals surface area contributed by atoms with Crippen LogP contribution in [0.3, 0.4) is 0 Å². The molecule has 1 saturated heterocycles. The summed E-state index contributed by atoms with van der Waals surface area (Å²) >= 11 is 0. The average Bonchev–Trinajstić information content (AvgIpc) is 2.74. The SMILES string of the molecule is Cc1cc(C)n(CCCNS(=O)(=O)CC2CCNCC2)n1. The van der Waals surface area contributed by atoms with Crippen molar-refractivity contribution in [1.82, 2.24) is 19.8 Å². The van der Waals surface area contributed by atoms with E-state index >= 15 is 0 Å². The lowest BCUT2D eigenvalue weighted by Crippen LogP contribution is -2.36. The maximum Gasteiger partial charge on any atom is 0.211 e. The number of aryl methyl sites for hydroxylation is 3. The summed E-state index contributed by atoms with van der Waals surface area (Å²) in [5.41, 5.74) is 2.11. The molecule has 0 aromatic carbocycles. The molecule has 120 valence electrons. The lowest BCUT2D eigenvalue weighted by molar-refractivity contribution is 0.400. The van der Waals surface area contributed by atoms with Crippen LogP contribution in [0.5, 0.6) is 0 Å². The maximum absolute atomic E-state index is 12.0. The van der Waals surface area contributed by atoms with Gasteiger partial charge in [-0.2, -0.15) is 5.10 Å². The average molecular weight is 314 g/mol. The Balaban J connectivity index is 1.70. The van der Waals surface area contributed by atoms with Crippen molar-refractivity contribution >= 4 is 10.0 Å².